The molecule has 7 nitrogen and oxygen atoms in total. The van der Waals surface area contributed by atoms with Crippen LogP contribution in [0.1, 0.15) is 11.3 Å². The number of carbonyl (C=O) groups excluding carboxylic acids is 2. The van der Waals surface area contributed by atoms with Crippen LogP contribution < -0.4 is 15.4 Å². The third-order valence-corrected chi connectivity index (χ3v) is 4.62. The first-order valence-electron chi connectivity index (χ1n) is 10.0. The Morgan fingerprint density at radius 3 is 2.72 bits per heavy atom. The third kappa shape index (κ3) is 5.69. The molecule has 2 heterocycles. The topological polar surface area (TPSA) is 84.7 Å². The van der Waals surface area contributed by atoms with E-state index < -0.39 is 5.82 Å². The molecule has 2 N–H and O–H groups in total. The average Bonchev–Trinajstić information content (AvgIpc) is 3.20. The molecule has 0 atom stereocenters. The maximum atomic E-state index is 13.2. The summed E-state index contributed by atoms with van der Waals surface area (Å²) in [7, 11) is 0. The fourth-order valence-corrected chi connectivity index (χ4v) is 3.16. The number of halogens is 1. The van der Waals surface area contributed by atoms with Crippen LogP contribution in [0.25, 0.3) is 5.65 Å². The Morgan fingerprint density at radius 2 is 1.88 bits per heavy atom. The van der Waals surface area contributed by atoms with Crippen LogP contribution in [0, 0.1) is 5.82 Å². The second-order valence-corrected chi connectivity index (χ2v) is 7.15. The minimum absolute atomic E-state index is 0.00256. The summed E-state index contributed by atoms with van der Waals surface area (Å²) >= 11 is 0. The van der Waals surface area contributed by atoms with E-state index in [-0.39, 0.29) is 31.4 Å². The van der Waals surface area contributed by atoms with Gasteiger partial charge in [0.15, 0.2) is 0 Å². The maximum absolute atomic E-state index is 13.2. The first-order valence-corrected chi connectivity index (χ1v) is 10.0. The Morgan fingerprint density at radius 1 is 1.00 bits per heavy atom. The highest BCUT2D eigenvalue weighted by Crippen LogP contribution is 2.18. The van der Waals surface area contributed by atoms with Crippen molar-refractivity contribution in [1.82, 2.24) is 14.7 Å². The van der Waals surface area contributed by atoms with Gasteiger partial charge in [0.05, 0.1) is 18.7 Å². The van der Waals surface area contributed by atoms with Crippen LogP contribution in [0.15, 0.2) is 79.1 Å². The minimum atomic E-state index is -0.406. The van der Waals surface area contributed by atoms with Gasteiger partial charge in [-0.15, -0.1) is 0 Å². The summed E-state index contributed by atoms with van der Waals surface area (Å²) in [6.45, 7) is 0.0930. The summed E-state index contributed by atoms with van der Waals surface area (Å²) in [5.41, 5.74) is 2.71. The molecule has 0 aliphatic carbocycles. The average molecular weight is 432 g/mol. The molecule has 0 fully saturated rings. The van der Waals surface area contributed by atoms with Gasteiger partial charge in [0.2, 0.25) is 11.8 Å². The fraction of sp³-hybridized carbons (Fsp3) is 0.125. The van der Waals surface area contributed by atoms with Gasteiger partial charge in [0.1, 0.15) is 23.8 Å². The molecule has 0 unspecified atom stereocenters. The molecule has 2 aromatic heterocycles. The SMILES string of the molecule is O=C(Cc1cccc(F)c1)NCC(=O)Nc1cccc(OCc2cn3ccccc3n2)c1. The van der Waals surface area contributed by atoms with Crippen molar-refractivity contribution in [1.29, 1.82) is 0 Å². The molecule has 2 aromatic carbocycles. The molecule has 0 radical (unpaired) electrons. The number of carbonyl (C=O) groups is 2. The van der Waals surface area contributed by atoms with Crippen molar-refractivity contribution in [3.8, 4) is 5.75 Å². The standard InChI is InChI=1S/C24H21FN4O3/c25-18-6-3-5-17(11-18)12-23(30)26-14-24(31)28-19-7-4-8-21(13-19)32-16-20-15-29-10-2-1-9-22(29)27-20/h1-11,13,15H,12,14,16H2,(H,26,30)(H,28,31). The Bertz CT molecular complexity index is 1220. The van der Waals surface area contributed by atoms with Crippen molar-refractivity contribution < 1.29 is 18.7 Å². The number of hydrogen-bond donors (Lipinski definition) is 2. The Kier molecular flexibility index (Phi) is 6.41. The zero-order valence-electron chi connectivity index (χ0n) is 17.1. The highest BCUT2D eigenvalue weighted by atomic mass is 19.1. The number of nitrogens with zero attached hydrogens (tertiary/aromatic N) is 2. The van der Waals surface area contributed by atoms with Gasteiger partial charge < -0.3 is 19.8 Å². The lowest BCUT2D eigenvalue weighted by Crippen LogP contribution is -2.33. The summed E-state index contributed by atoms with van der Waals surface area (Å²) in [4.78, 5) is 28.6. The van der Waals surface area contributed by atoms with Crippen LogP contribution in [0.5, 0.6) is 5.75 Å². The predicted octanol–water partition coefficient (Wildman–Crippen LogP) is 3.35. The van der Waals surface area contributed by atoms with E-state index in [1.807, 2.05) is 35.0 Å². The van der Waals surface area contributed by atoms with Crippen LogP contribution in [-0.2, 0) is 22.6 Å². The lowest BCUT2D eigenvalue weighted by molar-refractivity contribution is -0.123. The van der Waals surface area contributed by atoms with E-state index >= 15 is 0 Å². The summed E-state index contributed by atoms with van der Waals surface area (Å²) < 4.78 is 20.9. The maximum Gasteiger partial charge on any atom is 0.243 e. The van der Waals surface area contributed by atoms with Gasteiger partial charge in [0.25, 0.3) is 0 Å². The molecule has 0 aliphatic rings. The van der Waals surface area contributed by atoms with E-state index in [1.165, 1.54) is 18.2 Å². The molecule has 0 saturated carbocycles. The molecule has 4 aromatic rings. The summed E-state index contributed by atoms with van der Waals surface area (Å²) in [5, 5.41) is 5.25. The van der Waals surface area contributed by atoms with Gasteiger partial charge in [-0.05, 0) is 42.0 Å². The number of nitrogens with one attached hydrogen (secondary N) is 2. The number of aromatic nitrogens is 2. The minimum Gasteiger partial charge on any atom is -0.487 e. The van der Waals surface area contributed by atoms with E-state index in [4.69, 9.17) is 4.74 Å². The van der Waals surface area contributed by atoms with Crippen molar-refractivity contribution in [3.63, 3.8) is 0 Å². The highest BCUT2D eigenvalue weighted by Gasteiger charge is 2.09. The number of fused-ring (bicyclic) bond motifs is 1. The molecule has 2 amide bonds. The zero-order chi connectivity index (χ0) is 22.3. The van der Waals surface area contributed by atoms with Gasteiger partial charge in [-0.3, -0.25) is 9.59 Å². The Labute approximate surface area is 183 Å². The van der Waals surface area contributed by atoms with Gasteiger partial charge in [0, 0.05) is 24.1 Å². The molecule has 4 rings (SSSR count). The fourth-order valence-electron chi connectivity index (χ4n) is 3.16. The number of ether oxygens (including phenoxy) is 1. The van der Waals surface area contributed by atoms with Crippen molar-refractivity contribution in [3.05, 3.63) is 96.2 Å². The second kappa shape index (κ2) is 9.74. The summed E-state index contributed by atoms with van der Waals surface area (Å²) in [5.74, 6) is -0.572. The number of imidazole rings is 1. The predicted molar refractivity (Wildman–Crippen MR) is 118 cm³/mol. The van der Waals surface area contributed by atoms with Crippen molar-refractivity contribution in [2.75, 3.05) is 11.9 Å². The molecule has 8 heteroatoms. The number of anilines is 1. The molecule has 0 saturated heterocycles. The van der Waals surface area contributed by atoms with Crippen LogP contribution in [0.4, 0.5) is 10.1 Å². The first-order chi connectivity index (χ1) is 15.5. The smallest absolute Gasteiger partial charge is 0.243 e. The van der Waals surface area contributed by atoms with Crippen molar-refractivity contribution >= 4 is 23.1 Å². The number of amides is 2. The Balaban J connectivity index is 1.26. The molecule has 162 valence electrons. The summed E-state index contributed by atoms with van der Waals surface area (Å²) in [6.07, 6.45) is 3.81. The van der Waals surface area contributed by atoms with E-state index in [1.54, 1.807) is 30.3 Å². The zero-order valence-corrected chi connectivity index (χ0v) is 17.1. The molecule has 0 aliphatic heterocycles. The van der Waals surface area contributed by atoms with Crippen molar-refractivity contribution in [2.24, 2.45) is 0 Å². The summed E-state index contributed by atoms with van der Waals surface area (Å²) in [6, 6.07) is 18.5. The molecule has 0 spiro atoms. The number of pyridine rings is 1. The van der Waals surface area contributed by atoms with Gasteiger partial charge in [-0.1, -0.05) is 24.3 Å². The quantitative estimate of drug-likeness (QED) is 0.447. The second-order valence-electron chi connectivity index (χ2n) is 7.15. The monoisotopic (exact) mass is 432 g/mol. The molecular weight excluding hydrogens is 411 g/mol. The first kappa shape index (κ1) is 21.0. The van der Waals surface area contributed by atoms with Crippen LogP contribution in [-0.4, -0.2) is 27.7 Å². The molecule has 32 heavy (non-hydrogen) atoms. The van der Waals surface area contributed by atoms with Gasteiger partial charge >= 0.3 is 0 Å². The normalized spacial score (nSPS) is 10.7. The molecular formula is C24H21FN4O3. The lowest BCUT2D eigenvalue weighted by atomic mass is 10.1. The van der Waals surface area contributed by atoms with E-state index in [9.17, 15) is 14.0 Å². The van der Waals surface area contributed by atoms with Crippen molar-refractivity contribution in [2.45, 2.75) is 13.0 Å². The molecule has 0 bridgehead atoms. The third-order valence-electron chi connectivity index (χ3n) is 4.62. The lowest BCUT2D eigenvalue weighted by Gasteiger charge is -2.09. The van der Waals surface area contributed by atoms with E-state index in [0.717, 1.165) is 11.3 Å². The number of benzene rings is 2. The largest absolute Gasteiger partial charge is 0.487 e. The van der Waals surface area contributed by atoms with Crippen LogP contribution in [0.3, 0.4) is 0 Å². The van der Waals surface area contributed by atoms with E-state index in [0.29, 0.717) is 17.0 Å². The van der Waals surface area contributed by atoms with Gasteiger partial charge in [-0.2, -0.15) is 0 Å². The Hall–Kier alpha value is -4.20. The van der Waals surface area contributed by atoms with Crippen LogP contribution >= 0.6 is 0 Å². The number of rotatable bonds is 8. The van der Waals surface area contributed by atoms with Gasteiger partial charge in [-0.25, -0.2) is 9.37 Å². The number of hydrogen-bond acceptors (Lipinski definition) is 4. The van der Waals surface area contributed by atoms with E-state index in [2.05, 4.69) is 15.6 Å². The van der Waals surface area contributed by atoms with Crippen LogP contribution in [0.2, 0.25) is 0 Å². The highest BCUT2D eigenvalue weighted by molar-refractivity contribution is 5.94.